The fourth-order valence-electron chi connectivity index (χ4n) is 4.27. The van der Waals surface area contributed by atoms with E-state index in [0.29, 0.717) is 12.8 Å². The number of carboxylic acid groups (broad SMARTS) is 4. The molecular formula is C53H85MgN2O8-. The Morgan fingerprint density at radius 1 is 0.516 bits per heavy atom. The Balaban J connectivity index is -0.000000193. The molecule has 11 heteroatoms. The average molecular weight is 903 g/mol. The molecule has 0 aliphatic rings. The van der Waals surface area contributed by atoms with Crippen LogP contribution in [-0.4, -0.2) is 69.7 Å². The van der Waals surface area contributed by atoms with Gasteiger partial charge < -0.3 is 48.4 Å². The third-order valence-corrected chi connectivity index (χ3v) is 7.78. The Morgan fingerprint density at radius 3 is 1.05 bits per heavy atom. The molecule has 6 N–H and O–H groups in total. The summed E-state index contributed by atoms with van der Waals surface area (Å²) in [6, 6.07) is -1.09. The molecule has 0 saturated heterocycles. The van der Waals surface area contributed by atoms with Crippen molar-refractivity contribution in [3.63, 3.8) is 0 Å². The molecular weight excluding hydrogens is 817 g/mol. The predicted molar refractivity (Wildman–Crippen MR) is 268 cm³/mol. The molecule has 0 aromatic heterocycles. The fraction of sp³-hybridized carbons (Fsp3) is 0.491. The van der Waals surface area contributed by atoms with E-state index in [2.05, 4.69) is 148 Å². The van der Waals surface area contributed by atoms with Gasteiger partial charge >= 0.3 is 35.0 Å². The Morgan fingerprint density at radius 2 is 0.797 bits per heavy atom. The van der Waals surface area contributed by atoms with Crippen LogP contribution in [0.4, 0.5) is 0 Å². The number of quaternary nitrogens is 1. The van der Waals surface area contributed by atoms with Gasteiger partial charge in [-0.05, 0) is 103 Å². The summed E-state index contributed by atoms with van der Waals surface area (Å²) >= 11 is 0. The van der Waals surface area contributed by atoms with Gasteiger partial charge in [0.15, 0.2) is 0 Å². The van der Waals surface area contributed by atoms with Crippen molar-refractivity contribution >= 4 is 46.9 Å². The molecule has 0 heterocycles. The normalized spacial score (nSPS) is 12.6. The van der Waals surface area contributed by atoms with Crippen LogP contribution in [0, 0.1) is 12.8 Å². The molecule has 0 fully saturated rings. The van der Waals surface area contributed by atoms with Gasteiger partial charge in [0.25, 0.3) is 0 Å². The largest absolute Gasteiger partial charge is 2.00 e. The third-order valence-electron chi connectivity index (χ3n) is 7.78. The van der Waals surface area contributed by atoms with Crippen LogP contribution in [0.5, 0.6) is 0 Å². The molecule has 0 saturated carbocycles. The van der Waals surface area contributed by atoms with Crippen LogP contribution in [0.1, 0.15) is 150 Å². The zero-order valence-corrected chi connectivity index (χ0v) is 40.4. The Kier molecular flexibility index (Phi) is 70.2. The molecule has 10 nitrogen and oxygen atoms in total. The number of aliphatic carboxylic acids is 4. The van der Waals surface area contributed by atoms with E-state index < -0.39 is 35.8 Å². The zero-order chi connectivity index (χ0) is 47.2. The Hall–Kier alpha value is -4.29. The first-order chi connectivity index (χ1) is 29.9. The number of carbonyl (C=O) groups excluding carboxylic acids is 2. The number of carboxylic acids is 4. The number of rotatable bonds is 33. The SMILES string of the molecule is C.CC/C=C/C/C=C\C/C=C\C/C=C/C/C=C\C/C=C\CCC(=O)O.CC/C=C\C/C=C\C/C=C\C/C=C\C/C=C\CCCC(=O)O.C[C@H]([NH-])C(=O)[O-].[CH2-]C(CCCC[NH3+])C(=O)[O-].[Mg+2]. The van der Waals surface area contributed by atoms with Crippen molar-refractivity contribution in [2.24, 2.45) is 5.92 Å². The van der Waals surface area contributed by atoms with Crippen LogP contribution in [0.2, 0.25) is 0 Å². The first kappa shape index (κ1) is 71.3. The van der Waals surface area contributed by atoms with E-state index in [1.807, 2.05) is 12.2 Å². The Bertz CT molecular complexity index is 1400. The Labute approximate surface area is 405 Å². The standard InChI is InChI=1S/C22H32O2.C20H30O2.C7H14NO2.C3H6NO2.CH4.Mg/c1-2-3-4-5-6-7-8-9-10-11-12-13-14-15-16-17-18-19-20-21-22(23)24;1-2-3-4-5-6-7-8-9-10-11-12-13-14-15-16-17-18-19-20(21)22;1-6(7(9)10)4-2-3-5-8;1-2(4)3(5)6;;/h3-4,6-7,9-10,12-13,15-16,18-19H,2,5,8,11,14,17,20-21H2,1H3,(H,23,24);3-4,6-7,9-10,12-13,15-16H,2,5,8,11,14,17-19H2,1H3,(H,21,22);6H,1-5,8H2,(H,9,10);2,4H,1H3,(H,5,6);1H4;/q;;2*-1;;+2/p-1/b4-3+,7-6-,10-9-,13-12+,16-15-,19-18-;4-3-,7-6-,10-9-,13-12-,16-15-;;;;/t;;;2-;;/m...0../s1. The van der Waals surface area contributed by atoms with Crippen LogP contribution in [0.15, 0.2) is 134 Å². The van der Waals surface area contributed by atoms with Crippen LogP contribution in [0.3, 0.4) is 0 Å². The average Bonchev–Trinajstić information content (AvgIpc) is 3.23. The first-order valence-electron chi connectivity index (χ1n) is 22.2. The van der Waals surface area contributed by atoms with Crippen molar-refractivity contribution in [1.82, 2.24) is 0 Å². The predicted octanol–water partition coefficient (Wildman–Crippen LogP) is 10.6. The second-order valence-electron chi connectivity index (χ2n) is 13.7. The summed E-state index contributed by atoms with van der Waals surface area (Å²) in [4.78, 5) is 40.1. The van der Waals surface area contributed by atoms with Crippen molar-refractivity contribution in [2.75, 3.05) is 6.54 Å². The van der Waals surface area contributed by atoms with E-state index in [1.54, 1.807) is 0 Å². The van der Waals surface area contributed by atoms with Gasteiger partial charge in [-0.2, -0.15) is 0 Å². The quantitative estimate of drug-likeness (QED) is 0.0249. The number of hydrogen-bond donors (Lipinski definition) is 3. The third kappa shape index (κ3) is 78.2. The van der Waals surface area contributed by atoms with Gasteiger partial charge in [0, 0.05) is 24.8 Å². The maximum Gasteiger partial charge on any atom is 2.00 e. The summed E-state index contributed by atoms with van der Waals surface area (Å²) in [5, 5.41) is 36.5. The summed E-state index contributed by atoms with van der Waals surface area (Å²) in [5.74, 6) is -4.38. The van der Waals surface area contributed by atoms with E-state index in [0.717, 1.165) is 103 Å². The van der Waals surface area contributed by atoms with Gasteiger partial charge in [0.2, 0.25) is 0 Å². The molecule has 2 atom stereocenters. The fourth-order valence-corrected chi connectivity index (χ4v) is 4.27. The van der Waals surface area contributed by atoms with Crippen molar-refractivity contribution in [3.05, 3.63) is 146 Å². The molecule has 0 rings (SSSR count). The molecule has 0 aliphatic heterocycles. The maximum atomic E-state index is 10.3. The molecule has 0 aliphatic carbocycles. The molecule has 1 unspecified atom stereocenters. The molecule has 0 spiro atoms. The summed E-state index contributed by atoms with van der Waals surface area (Å²) < 4.78 is 0. The number of allylic oxidation sites excluding steroid dienone is 22. The van der Waals surface area contributed by atoms with Crippen LogP contribution in [0.25, 0.3) is 5.73 Å². The summed E-state index contributed by atoms with van der Waals surface area (Å²) in [6.45, 7) is 9.83. The van der Waals surface area contributed by atoms with E-state index in [9.17, 15) is 29.4 Å². The minimum Gasteiger partial charge on any atom is -0.670 e. The molecule has 0 radical (unpaired) electrons. The van der Waals surface area contributed by atoms with Gasteiger partial charge in [-0.25, -0.2) is 0 Å². The van der Waals surface area contributed by atoms with E-state index in [4.69, 9.17) is 15.9 Å². The second-order valence-corrected chi connectivity index (χ2v) is 13.7. The molecule has 0 aromatic carbocycles. The topological polar surface area (TPSA) is 206 Å². The van der Waals surface area contributed by atoms with E-state index in [1.165, 1.54) is 6.92 Å². The van der Waals surface area contributed by atoms with Gasteiger partial charge in [-0.3, -0.25) is 9.59 Å². The van der Waals surface area contributed by atoms with Gasteiger partial charge in [-0.1, -0.05) is 168 Å². The molecule has 0 amide bonds. The first-order valence-corrected chi connectivity index (χ1v) is 22.2. The van der Waals surface area contributed by atoms with Crippen molar-refractivity contribution < 1.29 is 45.3 Å². The summed E-state index contributed by atoms with van der Waals surface area (Å²) in [5.41, 5.74) is 10.0. The molecule has 0 aromatic rings. The molecule has 64 heavy (non-hydrogen) atoms. The van der Waals surface area contributed by atoms with Gasteiger partial charge in [0.1, 0.15) is 0 Å². The van der Waals surface area contributed by atoms with Crippen LogP contribution >= 0.6 is 0 Å². The van der Waals surface area contributed by atoms with Gasteiger partial charge in [-0.15, -0.1) is 12.0 Å². The minimum absolute atomic E-state index is 0. The minimum atomic E-state index is -1.32. The number of hydrogen-bond acceptors (Lipinski definition) is 6. The van der Waals surface area contributed by atoms with Crippen molar-refractivity contribution in [1.29, 1.82) is 0 Å². The summed E-state index contributed by atoms with van der Waals surface area (Å²) in [6.07, 6.45) is 63.4. The number of nitrogens with one attached hydrogen (secondary N) is 1. The van der Waals surface area contributed by atoms with Crippen LogP contribution in [-0.2, 0) is 19.2 Å². The van der Waals surface area contributed by atoms with E-state index in [-0.39, 0.29) is 43.3 Å². The van der Waals surface area contributed by atoms with Crippen molar-refractivity contribution in [3.8, 4) is 0 Å². The van der Waals surface area contributed by atoms with Crippen LogP contribution < -0.4 is 15.9 Å². The molecule has 358 valence electrons. The monoisotopic (exact) mass is 902 g/mol. The van der Waals surface area contributed by atoms with Gasteiger partial charge in [0.05, 0.1) is 6.54 Å². The summed E-state index contributed by atoms with van der Waals surface area (Å²) in [7, 11) is 0. The molecule has 0 bridgehead atoms. The smallest absolute Gasteiger partial charge is 0.670 e. The zero-order valence-electron chi connectivity index (χ0n) is 39.0. The maximum absolute atomic E-state index is 10.3. The number of unbranched alkanes of at least 4 members (excludes halogenated alkanes) is 2. The van der Waals surface area contributed by atoms with Crippen molar-refractivity contribution in [2.45, 2.75) is 156 Å². The number of carbonyl (C=O) groups is 4. The second kappa shape index (κ2) is 63.0. The van der Waals surface area contributed by atoms with E-state index >= 15 is 0 Å².